The van der Waals surface area contributed by atoms with Crippen LogP contribution in [0.1, 0.15) is 36.5 Å². The quantitative estimate of drug-likeness (QED) is 0.811. The summed E-state index contributed by atoms with van der Waals surface area (Å²) in [6.45, 7) is 4.26. The molecule has 1 aliphatic rings. The first kappa shape index (κ1) is 16.2. The number of benzene rings is 1. The van der Waals surface area contributed by atoms with E-state index in [0.29, 0.717) is 13.1 Å². The van der Waals surface area contributed by atoms with Gasteiger partial charge in [-0.1, -0.05) is 18.2 Å². The van der Waals surface area contributed by atoms with Crippen LogP contribution in [0.3, 0.4) is 0 Å². The number of carbonyl (C=O) groups is 1. The Morgan fingerprint density at radius 3 is 2.70 bits per heavy atom. The first-order valence-corrected chi connectivity index (χ1v) is 9.20. The molecule has 122 valence electrons. The minimum absolute atomic E-state index is 0.0967. The Balaban J connectivity index is 1.67. The number of ether oxygens (including phenoxy) is 1. The lowest BCUT2D eigenvalue weighted by Gasteiger charge is -2.29. The van der Waals surface area contributed by atoms with Gasteiger partial charge in [0, 0.05) is 30.1 Å². The van der Waals surface area contributed by atoms with Crippen molar-refractivity contribution in [2.45, 2.75) is 32.3 Å². The molecule has 1 aromatic carbocycles. The Labute approximate surface area is 141 Å². The fourth-order valence-corrected chi connectivity index (χ4v) is 3.69. The van der Waals surface area contributed by atoms with Gasteiger partial charge in [0.2, 0.25) is 0 Å². The number of hydrogen-bond donors (Lipinski definition) is 0. The Morgan fingerprint density at radius 1 is 1.26 bits per heavy atom. The van der Waals surface area contributed by atoms with E-state index in [4.69, 9.17) is 4.74 Å². The van der Waals surface area contributed by atoms with E-state index in [-0.39, 0.29) is 12.0 Å². The van der Waals surface area contributed by atoms with E-state index in [1.807, 2.05) is 42.2 Å². The van der Waals surface area contributed by atoms with Gasteiger partial charge in [-0.3, -0.25) is 4.79 Å². The van der Waals surface area contributed by atoms with E-state index < -0.39 is 0 Å². The fraction of sp³-hybridized carbons (Fsp3) is 0.421. The number of likely N-dealkylation sites (N-methyl/N-ethyl adjacent to an activating group) is 1. The second kappa shape index (κ2) is 7.75. The van der Waals surface area contributed by atoms with Gasteiger partial charge in [0.15, 0.2) is 0 Å². The molecule has 0 bridgehead atoms. The maximum Gasteiger partial charge on any atom is 0.253 e. The van der Waals surface area contributed by atoms with Gasteiger partial charge in [-0.25, -0.2) is 0 Å². The van der Waals surface area contributed by atoms with Gasteiger partial charge in [0.25, 0.3) is 5.91 Å². The molecule has 1 atom stereocenters. The minimum atomic E-state index is 0.0967. The number of amides is 1. The second-order valence-corrected chi connectivity index (χ2v) is 6.83. The van der Waals surface area contributed by atoms with Gasteiger partial charge in [0.05, 0.1) is 6.10 Å². The summed E-state index contributed by atoms with van der Waals surface area (Å²) < 4.78 is 5.77. The Hall–Kier alpha value is -1.65. The maximum atomic E-state index is 12.7. The standard InChI is InChI=1S/C19H23NO2S/c1-2-20(14-17-6-3-4-12-22-17)19(21)16-10-8-15(9-11-16)18-7-5-13-23-18/h5,7-11,13,17H,2-4,6,12,14H2,1H3. The molecule has 1 aliphatic heterocycles. The van der Waals surface area contributed by atoms with E-state index in [1.165, 1.54) is 11.3 Å². The third kappa shape index (κ3) is 4.01. The molecule has 0 N–H and O–H groups in total. The van der Waals surface area contributed by atoms with Crippen molar-refractivity contribution in [1.82, 2.24) is 4.90 Å². The molecule has 3 rings (SSSR count). The highest BCUT2D eigenvalue weighted by Gasteiger charge is 2.21. The summed E-state index contributed by atoms with van der Waals surface area (Å²) in [5.41, 5.74) is 1.91. The molecule has 1 aromatic heterocycles. The van der Waals surface area contributed by atoms with Crippen LogP contribution in [0, 0.1) is 0 Å². The molecule has 0 aliphatic carbocycles. The van der Waals surface area contributed by atoms with Gasteiger partial charge in [0.1, 0.15) is 0 Å². The summed E-state index contributed by atoms with van der Waals surface area (Å²) in [7, 11) is 0. The molecular weight excluding hydrogens is 306 g/mol. The van der Waals surface area contributed by atoms with Crippen molar-refractivity contribution < 1.29 is 9.53 Å². The predicted molar refractivity (Wildman–Crippen MR) is 94.9 cm³/mol. The average molecular weight is 329 g/mol. The van der Waals surface area contributed by atoms with Crippen LogP contribution in [0.4, 0.5) is 0 Å². The highest BCUT2D eigenvalue weighted by Crippen LogP contribution is 2.25. The molecule has 1 saturated heterocycles. The number of rotatable bonds is 5. The molecule has 0 radical (unpaired) electrons. The zero-order valence-electron chi connectivity index (χ0n) is 13.5. The van der Waals surface area contributed by atoms with Crippen molar-refractivity contribution in [2.24, 2.45) is 0 Å². The first-order chi connectivity index (χ1) is 11.3. The van der Waals surface area contributed by atoms with Crippen LogP contribution in [-0.4, -0.2) is 36.6 Å². The Morgan fingerprint density at radius 2 is 2.09 bits per heavy atom. The molecule has 3 nitrogen and oxygen atoms in total. The summed E-state index contributed by atoms with van der Waals surface area (Å²) in [6, 6.07) is 12.1. The van der Waals surface area contributed by atoms with Crippen molar-refractivity contribution in [3.05, 3.63) is 47.3 Å². The molecule has 0 spiro atoms. The normalized spacial score (nSPS) is 17.9. The van der Waals surface area contributed by atoms with E-state index in [1.54, 1.807) is 11.3 Å². The third-order valence-corrected chi connectivity index (χ3v) is 5.22. The fourth-order valence-electron chi connectivity index (χ4n) is 2.96. The first-order valence-electron chi connectivity index (χ1n) is 8.32. The van der Waals surface area contributed by atoms with E-state index >= 15 is 0 Å². The van der Waals surface area contributed by atoms with Gasteiger partial charge >= 0.3 is 0 Å². The van der Waals surface area contributed by atoms with Crippen molar-refractivity contribution >= 4 is 17.2 Å². The summed E-state index contributed by atoms with van der Waals surface area (Å²) >= 11 is 1.71. The minimum Gasteiger partial charge on any atom is -0.376 e. The zero-order chi connectivity index (χ0) is 16.1. The summed E-state index contributed by atoms with van der Waals surface area (Å²) in [5, 5.41) is 2.07. The molecule has 1 fully saturated rings. The van der Waals surface area contributed by atoms with Crippen LogP contribution in [0.2, 0.25) is 0 Å². The SMILES string of the molecule is CCN(CC1CCCCO1)C(=O)c1ccc(-c2cccs2)cc1. The van der Waals surface area contributed by atoms with Crippen LogP contribution >= 0.6 is 11.3 Å². The van der Waals surface area contributed by atoms with Crippen LogP contribution in [0.15, 0.2) is 41.8 Å². The summed E-state index contributed by atoms with van der Waals surface area (Å²) in [6.07, 6.45) is 3.59. The van der Waals surface area contributed by atoms with E-state index in [9.17, 15) is 4.79 Å². The number of nitrogens with zero attached hydrogens (tertiary/aromatic N) is 1. The highest BCUT2D eigenvalue weighted by molar-refractivity contribution is 7.13. The lowest BCUT2D eigenvalue weighted by Crippen LogP contribution is -2.39. The van der Waals surface area contributed by atoms with Crippen molar-refractivity contribution in [2.75, 3.05) is 19.7 Å². The largest absolute Gasteiger partial charge is 0.376 e. The number of hydrogen-bond acceptors (Lipinski definition) is 3. The molecule has 1 unspecified atom stereocenters. The van der Waals surface area contributed by atoms with Gasteiger partial charge in [-0.05, 0) is 55.3 Å². The molecular formula is C19H23NO2S. The monoisotopic (exact) mass is 329 g/mol. The molecule has 23 heavy (non-hydrogen) atoms. The van der Waals surface area contributed by atoms with Gasteiger partial charge in [-0.15, -0.1) is 11.3 Å². The Bertz CT molecular complexity index is 615. The lowest BCUT2D eigenvalue weighted by molar-refractivity contribution is -0.00311. The third-order valence-electron chi connectivity index (χ3n) is 4.30. The maximum absolute atomic E-state index is 12.7. The van der Waals surface area contributed by atoms with Crippen LogP contribution in [-0.2, 0) is 4.74 Å². The smallest absolute Gasteiger partial charge is 0.253 e. The van der Waals surface area contributed by atoms with E-state index in [0.717, 1.165) is 30.6 Å². The number of carbonyl (C=O) groups excluding carboxylic acids is 1. The van der Waals surface area contributed by atoms with Crippen molar-refractivity contribution in [3.63, 3.8) is 0 Å². The van der Waals surface area contributed by atoms with E-state index in [2.05, 4.69) is 11.4 Å². The summed E-state index contributed by atoms with van der Waals surface area (Å²) in [5.74, 6) is 0.0967. The highest BCUT2D eigenvalue weighted by atomic mass is 32.1. The van der Waals surface area contributed by atoms with Gasteiger partial charge < -0.3 is 9.64 Å². The van der Waals surface area contributed by atoms with Crippen LogP contribution < -0.4 is 0 Å². The molecule has 2 aromatic rings. The summed E-state index contributed by atoms with van der Waals surface area (Å²) in [4.78, 5) is 15.8. The zero-order valence-corrected chi connectivity index (χ0v) is 14.3. The molecule has 2 heterocycles. The topological polar surface area (TPSA) is 29.5 Å². The molecule has 4 heteroatoms. The number of thiophene rings is 1. The lowest BCUT2D eigenvalue weighted by atomic mass is 10.1. The molecule has 0 saturated carbocycles. The second-order valence-electron chi connectivity index (χ2n) is 5.89. The Kier molecular flexibility index (Phi) is 5.47. The van der Waals surface area contributed by atoms with Gasteiger partial charge in [-0.2, -0.15) is 0 Å². The van der Waals surface area contributed by atoms with Crippen molar-refractivity contribution in [3.8, 4) is 10.4 Å². The van der Waals surface area contributed by atoms with Crippen LogP contribution in [0.25, 0.3) is 10.4 Å². The predicted octanol–water partition coefficient (Wildman–Crippen LogP) is 4.45. The molecule has 1 amide bonds. The van der Waals surface area contributed by atoms with Crippen molar-refractivity contribution in [1.29, 1.82) is 0 Å². The average Bonchev–Trinajstić information content (AvgIpc) is 3.15. The van der Waals surface area contributed by atoms with Crippen LogP contribution in [0.5, 0.6) is 0 Å².